The molecular formula is C16H14BrN3O4S2. The molecule has 1 saturated heterocycles. The zero-order valence-electron chi connectivity index (χ0n) is 13.5. The minimum absolute atomic E-state index is 0.273. The third-order valence-electron chi connectivity index (χ3n) is 4.10. The van der Waals surface area contributed by atoms with Crippen LogP contribution in [-0.4, -0.2) is 40.9 Å². The second kappa shape index (κ2) is 6.69. The number of pyridine rings is 1. The van der Waals surface area contributed by atoms with Crippen molar-refractivity contribution in [2.75, 3.05) is 7.05 Å². The number of halogens is 1. The summed E-state index contributed by atoms with van der Waals surface area (Å²) in [6, 6.07) is 8.13. The molecular weight excluding hydrogens is 442 g/mol. The predicted molar refractivity (Wildman–Crippen MR) is 103 cm³/mol. The van der Waals surface area contributed by atoms with E-state index in [1.807, 2.05) is 0 Å². The number of thiocarbonyl (C=S) groups is 1. The van der Waals surface area contributed by atoms with Gasteiger partial charge in [-0.3, -0.25) is 19.2 Å². The van der Waals surface area contributed by atoms with E-state index in [1.54, 1.807) is 49.8 Å². The topological polar surface area (TPSA) is 99.6 Å². The molecule has 1 aliphatic heterocycles. The molecule has 136 valence electrons. The lowest BCUT2D eigenvalue weighted by molar-refractivity contribution is -0.129. The molecule has 0 aliphatic carbocycles. The van der Waals surface area contributed by atoms with Crippen LogP contribution in [0.4, 0.5) is 0 Å². The molecule has 26 heavy (non-hydrogen) atoms. The molecule has 1 aromatic heterocycles. The lowest BCUT2D eigenvalue weighted by atomic mass is 9.83. The molecule has 0 spiro atoms. The Morgan fingerprint density at radius 2 is 1.92 bits per heavy atom. The lowest BCUT2D eigenvalue weighted by Gasteiger charge is -2.28. The van der Waals surface area contributed by atoms with Crippen LogP contribution in [0.5, 0.6) is 0 Å². The van der Waals surface area contributed by atoms with Gasteiger partial charge in [0.1, 0.15) is 5.75 Å². The Labute approximate surface area is 164 Å². The van der Waals surface area contributed by atoms with E-state index in [0.29, 0.717) is 21.2 Å². The van der Waals surface area contributed by atoms with Gasteiger partial charge >= 0.3 is 0 Å². The fourth-order valence-electron chi connectivity index (χ4n) is 2.88. The average Bonchev–Trinajstić information content (AvgIpc) is 2.79. The Hall–Kier alpha value is -1.88. The normalized spacial score (nSPS) is 20.3. The number of hydrogen-bond acceptors (Lipinski definition) is 5. The number of carbonyl (C=O) groups excluding carboxylic acids is 1. The second-order valence-corrected chi connectivity index (χ2v) is 8.61. The van der Waals surface area contributed by atoms with Crippen LogP contribution >= 0.6 is 28.1 Å². The van der Waals surface area contributed by atoms with E-state index >= 15 is 0 Å². The Bertz CT molecular complexity index is 995. The summed E-state index contributed by atoms with van der Waals surface area (Å²) >= 11 is 8.61. The Morgan fingerprint density at radius 1 is 1.27 bits per heavy atom. The van der Waals surface area contributed by atoms with Crippen molar-refractivity contribution in [2.24, 2.45) is 0 Å². The first kappa shape index (κ1) is 18.9. The minimum atomic E-state index is -4.14. The van der Waals surface area contributed by atoms with Crippen molar-refractivity contribution in [3.63, 3.8) is 0 Å². The largest absolute Gasteiger partial charge is 0.341 e. The van der Waals surface area contributed by atoms with Crippen molar-refractivity contribution in [1.29, 1.82) is 0 Å². The van der Waals surface area contributed by atoms with E-state index < -0.39 is 21.4 Å². The van der Waals surface area contributed by atoms with Crippen LogP contribution in [0.25, 0.3) is 0 Å². The van der Waals surface area contributed by atoms with Gasteiger partial charge in [0.05, 0.1) is 0 Å². The van der Waals surface area contributed by atoms with Crippen LogP contribution in [0.15, 0.2) is 47.2 Å². The molecule has 1 amide bonds. The van der Waals surface area contributed by atoms with Crippen molar-refractivity contribution in [3.05, 3.63) is 63.9 Å². The first-order valence-corrected chi connectivity index (χ1v) is 10.2. The summed E-state index contributed by atoms with van der Waals surface area (Å²) < 4.78 is 31.8. The molecule has 1 aliphatic rings. The first-order chi connectivity index (χ1) is 12.1. The first-order valence-electron chi connectivity index (χ1n) is 7.39. The highest BCUT2D eigenvalue weighted by Crippen LogP contribution is 2.36. The molecule has 1 atom stereocenters. The Kier molecular flexibility index (Phi) is 4.86. The highest BCUT2D eigenvalue weighted by molar-refractivity contribution is 9.10. The number of nitrogens with zero attached hydrogens (tertiary/aromatic N) is 2. The third kappa shape index (κ3) is 3.37. The van der Waals surface area contributed by atoms with E-state index in [1.165, 1.54) is 4.90 Å². The predicted octanol–water partition coefficient (Wildman–Crippen LogP) is 1.82. The number of nitrogens with one attached hydrogen (secondary N) is 1. The van der Waals surface area contributed by atoms with Crippen molar-refractivity contribution < 1.29 is 17.8 Å². The van der Waals surface area contributed by atoms with Crippen LogP contribution in [-0.2, 0) is 26.2 Å². The summed E-state index contributed by atoms with van der Waals surface area (Å²) in [5.74, 6) is -0.775. The van der Waals surface area contributed by atoms with Gasteiger partial charge in [-0.15, -0.1) is 0 Å². The number of likely N-dealkylation sites (N-methyl/N-ethyl adjacent to an activating group) is 1. The van der Waals surface area contributed by atoms with Crippen LogP contribution in [0.1, 0.15) is 16.7 Å². The number of rotatable bonds is 4. The van der Waals surface area contributed by atoms with Crippen molar-refractivity contribution >= 4 is 49.3 Å². The maximum absolute atomic E-state index is 13.1. The molecule has 0 bridgehead atoms. The number of aromatic nitrogens is 1. The Balaban J connectivity index is 2.14. The van der Waals surface area contributed by atoms with Gasteiger partial charge in [0.15, 0.2) is 10.7 Å². The van der Waals surface area contributed by atoms with Crippen molar-refractivity contribution in [2.45, 2.75) is 11.3 Å². The molecule has 0 radical (unpaired) electrons. The van der Waals surface area contributed by atoms with Gasteiger partial charge in [-0.2, -0.15) is 8.42 Å². The third-order valence-corrected chi connectivity index (χ3v) is 5.61. The van der Waals surface area contributed by atoms with Gasteiger partial charge < -0.3 is 5.32 Å². The summed E-state index contributed by atoms with van der Waals surface area (Å²) in [5, 5.41) is 3.35. The highest BCUT2D eigenvalue weighted by atomic mass is 79.9. The van der Waals surface area contributed by atoms with Gasteiger partial charge in [-0.05, 0) is 45.3 Å². The van der Waals surface area contributed by atoms with Gasteiger partial charge in [0.25, 0.3) is 16.0 Å². The zero-order valence-corrected chi connectivity index (χ0v) is 16.7. The summed E-state index contributed by atoms with van der Waals surface area (Å²) in [6.07, 6.45) is 3.18. The average molecular weight is 456 g/mol. The molecule has 3 rings (SSSR count). The van der Waals surface area contributed by atoms with Gasteiger partial charge in [0.2, 0.25) is 0 Å². The van der Waals surface area contributed by atoms with E-state index in [-0.39, 0.29) is 11.0 Å². The molecule has 1 unspecified atom stereocenters. The summed E-state index contributed by atoms with van der Waals surface area (Å²) in [7, 11) is -2.56. The van der Waals surface area contributed by atoms with Crippen LogP contribution in [0, 0.1) is 0 Å². The van der Waals surface area contributed by atoms with E-state index in [0.717, 1.165) is 0 Å². The van der Waals surface area contributed by atoms with Gasteiger partial charge in [-0.1, -0.05) is 24.3 Å². The molecule has 1 fully saturated rings. The molecule has 2 heterocycles. The molecule has 10 heteroatoms. The Morgan fingerprint density at radius 3 is 2.42 bits per heavy atom. The standard InChI is InChI=1S/C16H14BrN3O4S2/c1-20-14(21)16(19-15(20)25,12-6-13(17)8-18-7-12)11-4-2-10(3-5-11)9-26(22,23)24/h2-8H,9H2,1H3,(H,19,25)(H,22,23,24). The molecule has 2 aromatic rings. The molecule has 7 nitrogen and oxygen atoms in total. The summed E-state index contributed by atoms with van der Waals surface area (Å²) in [4.78, 5) is 18.5. The molecule has 1 aromatic carbocycles. The highest BCUT2D eigenvalue weighted by Gasteiger charge is 2.51. The maximum Gasteiger partial charge on any atom is 0.269 e. The van der Waals surface area contributed by atoms with Crippen LogP contribution in [0.3, 0.4) is 0 Å². The fourth-order valence-corrected chi connectivity index (χ4v) is 4.09. The van der Waals surface area contributed by atoms with Crippen LogP contribution in [0.2, 0.25) is 0 Å². The smallest absolute Gasteiger partial charge is 0.269 e. The zero-order chi connectivity index (χ0) is 19.1. The maximum atomic E-state index is 13.1. The minimum Gasteiger partial charge on any atom is -0.341 e. The quantitative estimate of drug-likeness (QED) is 0.535. The van der Waals surface area contributed by atoms with Crippen molar-refractivity contribution in [1.82, 2.24) is 15.2 Å². The SMILES string of the molecule is CN1C(=O)C(c2ccc(CS(=O)(=O)O)cc2)(c2cncc(Br)c2)NC1=S. The van der Waals surface area contributed by atoms with Crippen LogP contribution < -0.4 is 5.32 Å². The van der Waals surface area contributed by atoms with Gasteiger partial charge in [0, 0.05) is 29.5 Å². The van der Waals surface area contributed by atoms with E-state index in [2.05, 4.69) is 26.2 Å². The number of carbonyl (C=O) groups is 1. The second-order valence-electron chi connectivity index (χ2n) is 5.86. The number of amides is 1. The lowest BCUT2D eigenvalue weighted by Crippen LogP contribution is -2.45. The van der Waals surface area contributed by atoms with Crippen molar-refractivity contribution in [3.8, 4) is 0 Å². The van der Waals surface area contributed by atoms with Gasteiger partial charge in [-0.25, -0.2) is 0 Å². The molecule has 2 N–H and O–H groups in total. The number of benzene rings is 1. The summed E-state index contributed by atoms with van der Waals surface area (Å²) in [5.41, 5.74) is 0.304. The monoisotopic (exact) mass is 455 g/mol. The van der Waals surface area contributed by atoms with E-state index in [4.69, 9.17) is 16.8 Å². The summed E-state index contributed by atoms with van der Waals surface area (Å²) in [6.45, 7) is 0. The van der Waals surface area contributed by atoms with E-state index in [9.17, 15) is 13.2 Å². The molecule has 0 saturated carbocycles. The fraction of sp³-hybridized carbons (Fsp3) is 0.188. The number of hydrogen-bond donors (Lipinski definition) is 2.